The minimum Gasteiger partial charge on any atom is -0.496 e. The zero-order valence-electron chi connectivity index (χ0n) is 11.7. The second kappa shape index (κ2) is 6.09. The Kier molecular flexibility index (Phi) is 4.23. The molecule has 0 saturated carbocycles. The molecule has 5 nitrogen and oxygen atoms in total. The topological polar surface area (TPSA) is 75.6 Å². The summed E-state index contributed by atoms with van der Waals surface area (Å²) in [5.74, 6) is -0.888. The van der Waals surface area contributed by atoms with Gasteiger partial charge in [0.05, 0.1) is 7.11 Å². The van der Waals surface area contributed by atoms with Gasteiger partial charge in [0.25, 0.3) is 0 Å². The first kappa shape index (κ1) is 14.6. The van der Waals surface area contributed by atoms with Crippen LogP contribution >= 0.6 is 0 Å². The Balaban J connectivity index is 2.42. The number of hydrogen-bond donors (Lipinski definition) is 2. The Morgan fingerprint density at radius 1 is 1.10 bits per heavy atom. The van der Waals surface area contributed by atoms with Crippen LogP contribution in [0.15, 0.2) is 42.5 Å². The molecule has 0 aromatic heterocycles. The van der Waals surface area contributed by atoms with Crippen molar-refractivity contribution in [2.75, 3.05) is 12.4 Å². The van der Waals surface area contributed by atoms with Crippen LogP contribution in [0.3, 0.4) is 0 Å². The number of carbonyl (C=O) groups is 2. The Labute approximate surface area is 122 Å². The van der Waals surface area contributed by atoms with Crippen molar-refractivity contribution in [3.63, 3.8) is 0 Å². The lowest BCUT2D eigenvalue weighted by Crippen LogP contribution is -2.05. The van der Waals surface area contributed by atoms with Crippen molar-refractivity contribution in [3.8, 4) is 16.9 Å². The van der Waals surface area contributed by atoms with E-state index < -0.39 is 5.97 Å². The molecular formula is C16H15NO4. The third-order valence-electron chi connectivity index (χ3n) is 2.95. The molecule has 108 valence electrons. The van der Waals surface area contributed by atoms with Crippen molar-refractivity contribution < 1.29 is 19.4 Å². The standard InChI is InChI=1S/C16H15NO4/c1-10(18)17-13-5-3-4-11(8-13)12-6-7-14(16(19)20)15(9-12)21-2/h3-9H,1-2H3,(H,17,18)(H,19,20). The zero-order valence-corrected chi connectivity index (χ0v) is 11.7. The Morgan fingerprint density at radius 2 is 1.81 bits per heavy atom. The lowest BCUT2D eigenvalue weighted by atomic mass is 10.0. The maximum Gasteiger partial charge on any atom is 0.339 e. The molecule has 0 radical (unpaired) electrons. The molecule has 2 aromatic rings. The fourth-order valence-corrected chi connectivity index (χ4v) is 2.03. The van der Waals surface area contributed by atoms with E-state index in [1.165, 1.54) is 20.1 Å². The summed E-state index contributed by atoms with van der Waals surface area (Å²) in [7, 11) is 1.43. The summed E-state index contributed by atoms with van der Waals surface area (Å²) in [6, 6.07) is 12.2. The number of carbonyl (C=O) groups excluding carboxylic acids is 1. The number of benzene rings is 2. The molecular weight excluding hydrogens is 270 g/mol. The van der Waals surface area contributed by atoms with Gasteiger partial charge in [-0.1, -0.05) is 18.2 Å². The monoisotopic (exact) mass is 285 g/mol. The Bertz CT molecular complexity index is 694. The summed E-state index contributed by atoms with van der Waals surface area (Å²) in [4.78, 5) is 22.2. The Hall–Kier alpha value is -2.82. The number of anilines is 1. The highest BCUT2D eigenvalue weighted by Gasteiger charge is 2.12. The summed E-state index contributed by atoms with van der Waals surface area (Å²) in [6.07, 6.45) is 0. The van der Waals surface area contributed by atoms with Crippen LogP contribution in [0.5, 0.6) is 5.75 Å². The van der Waals surface area contributed by atoms with Crippen molar-refractivity contribution in [2.24, 2.45) is 0 Å². The van der Waals surface area contributed by atoms with Gasteiger partial charge in [-0.2, -0.15) is 0 Å². The second-order valence-electron chi connectivity index (χ2n) is 4.48. The molecule has 0 heterocycles. The van der Waals surface area contributed by atoms with Crippen LogP contribution in [0.1, 0.15) is 17.3 Å². The number of nitrogens with one attached hydrogen (secondary N) is 1. The van der Waals surface area contributed by atoms with Crippen molar-refractivity contribution >= 4 is 17.6 Å². The summed E-state index contributed by atoms with van der Waals surface area (Å²) in [6.45, 7) is 1.44. The second-order valence-corrected chi connectivity index (χ2v) is 4.48. The molecule has 5 heteroatoms. The smallest absolute Gasteiger partial charge is 0.339 e. The molecule has 1 amide bonds. The molecule has 2 rings (SSSR count). The first-order chi connectivity index (χ1) is 10.0. The lowest BCUT2D eigenvalue weighted by Gasteiger charge is -2.09. The summed E-state index contributed by atoms with van der Waals surface area (Å²) in [5.41, 5.74) is 2.46. The average Bonchev–Trinajstić information content (AvgIpc) is 2.46. The quantitative estimate of drug-likeness (QED) is 0.905. The van der Waals surface area contributed by atoms with E-state index in [9.17, 15) is 9.59 Å². The van der Waals surface area contributed by atoms with Crippen LogP contribution in [-0.4, -0.2) is 24.1 Å². The molecule has 0 spiro atoms. The van der Waals surface area contributed by atoms with Gasteiger partial charge in [0.2, 0.25) is 5.91 Å². The van der Waals surface area contributed by atoms with E-state index in [4.69, 9.17) is 9.84 Å². The predicted molar refractivity (Wildman–Crippen MR) is 79.7 cm³/mol. The van der Waals surface area contributed by atoms with Crippen LogP contribution in [-0.2, 0) is 4.79 Å². The molecule has 0 saturated heterocycles. The number of ether oxygens (including phenoxy) is 1. The van der Waals surface area contributed by atoms with Gasteiger partial charge in [-0.3, -0.25) is 4.79 Å². The maximum atomic E-state index is 11.1. The highest BCUT2D eigenvalue weighted by atomic mass is 16.5. The fourth-order valence-electron chi connectivity index (χ4n) is 2.03. The normalized spacial score (nSPS) is 10.0. The number of hydrogen-bond acceptors (Lipinski definition) is 3. The van der Waals surface area contributed by atoms with E-state index in [2.05, 4.69) is 5.32 Å². The van der Waals surface area contributed by atoms with Gasteiger partial charge in [-0.25, -0.2) is 4.79 Å². The van der Waals surface area contributed by atoms with Crippen LogP contribution < -0.4 is 10.1 Å². The van der Waals surface area contributed by atoms with Gasteiger partial charge in [0, 0.05) is 12.6 Å². The van der Waals surface area contributed by atoms with Gasteiger partial charge in [0.1, 0.15) is 11.3 Å². The molecule has 0 unspecified atom stereocenters. The van der Waals surface area contributed by atoms with Gasteiger partial charge in [-0.05, 0) is 35.4 Å². The predicted octanol–water partition coefficient (Wildman–Crippen LogP) is 3.02. The molecule has 21 heavy (non-hydrogen) atoms. The molecule has 0 aliphatic rings. The molecule has 2 aromatic carbocycles. The zero-order chi connectivity index (χ0) is 15.4. The van der Waals surface area contributed by atoms with E-state index >= 15 is 0 Å². The van der Waals surface area contributed by atoms with Crippen LogP contribution in [0.25, 0.3) is 11.1 Å². The van der Waals surface area contributed by atoms with E-state index in [1.54, 1.807) is 18.2 Å². The number of carboxylic acid groups (broad SMARTS) is 1. The molecule has 0 aliphatic heterocycles. The molecule has 0 fully saturated rings. The first-order valence-electron chi connectivity index (χ1n) is 6.30. The summed E-state index contributed by atoms with van der Waals surface area (Å²) >= 11 is 0. The maximum absolute atomic E-state index is 11.1. The molecule has 0 atom stereocenters. The summed E-state index contributed by atoms with van der Waals surface area (Å²) < 4.78 is 5.11. The molecule has 0 aliphatic carbocycles. The number of rotatable bonds is 4. The van der Waals surface area contributed by atoms with Crippen molar-refractivity contribution in [3.05, 3.63) is 48.0 Å². The van der Waals surface area contributed by atoms with Crippen molar-refractivity contribution in [1.29, 1.82) is 0 Å². The van der Waals surface area contributed by atoms with E-state index in [0.717, 1.165) is 11.1 Å². The van der Waals surface area contributed by atoms with Crippen LogP contribution in [0.2, 0.25) is 0 Å². The van der Waals surface area contributed by atoms with Gasteiger partial charge < -0.3 is 15.2 Å². The van der Waals surface area contributed by atoms with Crippen molar-refractivity contribution in [1.82, 2.24) is 0 Å². The number of methoxy groups -OCH3 is 1. The van der Waals surface area contributed by atoms with Crippen molar-refractivity contribution in [2.45, 2.75) is 6.92 Å². The average molecular weight is 285 g/mol. The first-order valence-corrected chi connectivity index (χ1v) is 6.30. The number of amides is 1. The van der Waals surface area contributed by atoms with Crippen LogP contribution in [0, 0.1) is 0 Å². The highest BCUT2D eigenvalue weighted by Crippen LogP contribution is 2.28. The highest BCUT2D eigenvalue weighted by molar-refractivity contribution is 5.92. The Morgan fingerprint density at radius 3 is 2.43 bits per heavy atom. The molecule has 0 bridgehead atoms. The van der Waals surface area contributed by atoms with Crippen LogP contribution in [0.4, 0.5) is 5.69 Å². The largest absolute Gasteiger partial charge is 0.496 e. The van der Waals surface area contributed by atoms with Gasteiger partial charge in [0.15, 0.2) is 0 Å². The third kappa shape index (κ3) is 3.39. The lowest BCUT2D eigenvalue weighted by molar-refractivity contribution is -0.114. The fraction of sp³-hybridized carbons (Fsp3) is 0.125. The number of aromatic carboxylic acids is 1. The molecule has 2 N–H and O–H groups in total. The van der Waals surface area contributed by atoms with Gasteiger partial charge >= 0.3 is 5.97 Å². The SMILES string of the molecule is COc1cc(-c2cccc(NC(C)=O)c2)ccc1C(=O)O. The minimum absolute atomic E-state index is 0.110. The van der Waals surface area contributed by atoms with Gasteiger partial charge in [-0.15, -0.1) is 0 Å². The minimum atomic E-state index is -1.04. The van der Waals surface area contributed by atoms with E-state index in [1.807, 2.05) is 18.2 Å². The number of carboxylic acids is 1. The van der Waals surface area contributed by atoms with E-state index in [0.29, 0.717) is 11.4 Å². The third-order valence-corrected chi connectivity index (χ3v) is 2.95. The summed E-state index contributed by atoms with van der Waals surface area (Å²) in [5, 5.41) is 11.8. The van der Waals surface area contributed by atoms with E-state index in [-0.39, 0.29) is 11.5 Å².